The number of halogens is 1. The molecule has 0 saturated carbocycles. The Bertz CT molecular complexity index is 356. The summed E-state index contributed by atoms with van der Waals surface area (Å²) in [6, 6.07) is 2.64. The van der Waals surface area contributed by atoms with Gasteiger partial charge in [0.15, 0.2) is 5.82 Å². The first-order valence-electron chi connectivity index (χ1n) is 3.16. The zero-order valence-corrected chi connectivity index (χ0v) is 8.92. The van der Waals surface area contributed by atoms with Crippen molar-refractivity contribution in [1.29, 1.82) is 0 Å². The molecule has 0 amide bonds. The Hall–Kier alpha value is -0.540. The minimum absolute atomic E-state index is 0.115. The molecule has 2 unspecified atom stereocenters. The first-order valence-corrected chi connectivity index (χ1v) is 5.66. The predicted molar refractivity (Wildman–Crippen MR) is 53.3 cm³/mol. The van der Waals surface area contributed by atoms with Crippen molar-refractivity contribution in [1.82, 2.24) is 4.98 Å². The Balaban J connectivity index is 3.06. The van der Waals surface area contributed by atoms with E-state index in [1.54, 1.807) is 0 Å². The van der Waals surface area contributed by atoms with Crippen molar-refractivity contribution in [3.8, 4) is 0 Å². The molecule has 0 aromatic carbocycles. The maximum atomic E-state index is 10.6. The van der Waals surface area contributed by atoms with Crippen LogP contribution in [0.4, 0.5) is 5.82 Å². The predicted octanol–water partition coefficient (Wildman–Crippen LogP) is 0.815. The number of anilines is 1. The van der Waals surface area contributed by atoms with Crippen LogP contribution in [0.5, 0.6) is 0 Å². The van der Waals surface area contributed by atoms with Crippen LogP contribution in [-0.2, 0) is 22.5 Å². The summed E-state index contributed by atoms with van der Waals surface area (Å²) < 4.78 is 38.9. The standard InChI is InChI=1S/C5H5ClN2O4S2/c6-4-1-2-5(7-3-4)8(13(9)10)14(11)12/h1-3H,(H,9,10)(H,11,12). The maximum absolute atomic E-state index is 10.6. The van der Waals surface area contributed by atoms with Gasteiger partial charge >= 0.3 is 0 Å². The van der Waals surface area contributed by atoms with Gasteiger partial charge in [0.25, 0.3) is 22.5 Å². The first kappa shape index (κ1) is 11.5. The molecule has 0 aliphatic heterocycles. The van der Waals surface area contributed by atoms with Gasteiger partial charge in [-0.1, -0.05) is 11.6 Å². The van der Waals surface area contributed by atoms with Gasteiger partial charge in [0, 0.05) is 6.20 Å². The molecule has 1 aromatic rings. The lowest BCUT2D eigenvalue weighted by Gasteiger charge is -2.12. The molecule has 2 N–H and O–H groups in total. The van der Waals surface area contributed by atoms with Crippen molar-refractivity contribution in [3.63, 3.8) is 0 Å². The van der Waals surface area contributed by atoms with Crippen LogP contribution in [0.2, 0.25) is 5.02 Å². The smallest absolute Gasteiger partial charge is 0.277 e. The molecular weight excluding hydrogens is 252 g/mol. The van der Waals surface area contributed by atoms with Gasteiger partial charge in [-0.2, -0.15) is 0 Å². The fourth-order valence-corrected chi connectivity index (χ4v) is 1.77. The van der Waals surface area contributed by atoms with Gasteiger partial charge in [-0.15, -0.1) is 3.71 Å². The molecular formula is C5H5ClN2O4S2. The molecule has 0 aliphatic carbocycles. The van der Waals surface area contributed by atoms with Gasteiger partial charge in [0.2, 0.25) is 0 Å². The zero-order valence-electron chi connectivity index (χ0n) is 6.53. The van der Waals surface area contributed by atoms with Crippen molar-refractivity contribution in [2.24, 2.45) is 0 Å². The highest BCUT2D eigenvalue weighted by Gasteiger charge is 2.19. The molecule has 0 fully saturated rings. The third-order valence-corrected chi connectivity index (χ3v) is 3.11. The normalized spacial score (nSPS) is 14.8. The van der Waals surface area contributed by atoms with E-state index in [1.807, 2.05) is 0 Å². The maximum Gasteiger partial charge on any atom is 0.277 e. The fourth-order valence-electron chi connectivity index (χ4n) is 0.691. The van der Waals surface area contributed by atoms with Crippen LogP contribution in [-0.4, -0.2) is 22.5 Å². The summed E-state index contributed by atoms with van der Waals surface area (Å²) >= 11 is 0.291. The van der Waals surface area contributed by atoms with Gasteiger partial charge in [0.1, 0.15) is 0 Å². The summed E-state index contributed by atoms with van der Waals surface area (Å²) in [5.74, 6) is -0.115. The van der Waals surface area contributed by atoms with Crippen LogP contribution in [0.15, 0.2) is 18.3 Å². The van der Waals surface area contributed by atoms with E-state index in [9.17, 15) is 8.42 Å². The summed E-state index contributed by atoms with van der Waals surface area (Å²) in [7, 11) is 0. The summed E-state index contributed by atoms with van der Waals surface area (Å²) in [5, 5.41) is 0.321. The Labute approximate surface area is 89.7 Å². The summed E-state index contributed by atoms with van der Waals surface area (Å²) in [4.78, 5) is 3.61. The lowest BCUT2D eigenvalue weighted by atomic mass is 10.5. The van der Waals surface area contributed by atoms with E-state index in [2.05, 4.69) is 4.98 Å². The average Bonchev–Trinajstić information content (AvgIpc) is 2.07. The van der Waals surface area contributed by atoms with E-state index in [1.165, 1.54) is 18.3 Å². The van der Waals surface area contributed by atoms with Crippen LogP contribution in [0.25, 0.3) is 0 Å². The quantitative estimate of drug-likeness (QED) is 0.781. The minimum atomic E-state index is -2.61. The highest BCUT2D eigenvalue weighted by Crippen LogP contribution is 2.16. The molecule has 2 atom stereocenters. The van der Waals surface area contributed by atoms with Crippen LogP contribution in [0.3, 0.4) is 0 Å². The van der Waals surface area contributed by atoms with E-state index >= 15 is 0 Å². The van der Waals surface area contributed by atoms with E-state index in [4.69, 9.17) is 20.7 Å². The van der Waals surface area contributed by atoms with E-state index in [0.717, 1.165) is 0 Å². The van der Waals surface area contributed by atoms with E-state index in [0.29, 0.717) is 8.73 Å². The van der Waals surface area contributed by atoms with Crippen molar-refractivity contribution in [3.05, 3.63) is 23.4 Å². The molecule has 0 bridgehead atoms. The first-order chi connectivity index (χ1) is 6.52. The Morgan fingerprint density at radius 3 is 2.21 bits per heavy atom. The third kappa shape index (κ3) is 2.72. The molecule has 6 nitrogen and oxygen atoms in total. The highest BCUT2D eigenvalue weighted by molar-refractivity contribution is 7.99. The molecule has 0 radical (unpaired) electrons. The van der Waals surface area contributed by atoms with Crippen molar-refractivity contribution in [2.75, 3.05) is 3.71 Å². The second kappa shape index (κ2) is 4.80. The highest BCUT2D eigenvalue weighted by atomic mass is 35.5. The lowest BCUT2D eigenvalue weighted by molar-refractivity contribution is 0.549. The molecule has 0 spiro atoms. The van der Waals surface area contributed by atoms with Crippen LogP contribution < -0.4 is 3.71 Å². The molecule has 0 saturated heterocycles. The van der Waals surface area contributed by atoms with Gasteiger partial charge in [-0.05, 0) is 12.1 Å². The summed E-state index contributed by atoms with van der Waals surface area (Å²) in [6.45, 7) is 0. The number of pyridine rings is 1. The third-order valence-electron chi connectivity index (χ3n) is 1.18. The van der Waals surface area contributed by atoms with Crippen LogP contribution in [0, 0.1) is 0 Å². The second-order valence-electron chi connectivity index (χ2n) is 2.05. The molecule has 9 heteroatoms. The topological polar surface area (TPSA) is 90.7 Å². The Morgan fingerprint density at radius 2 is 1.86 bits per heavy atom. The number of hydrogen-bond acceptors (Lipinski definition) is 3. The summed E-state index contributed by atoms with van der Waals surface area (Å²) in [6.07, 6.45) is 1.20. The molecule has 1 aromatic heterocycles. The van der Waals surface area contributed by atoms with Crippen molar-refractivity contribution in [2.45, 2.75) is 0 Å². The fraction of sp³-hybridized carbons (Fsp3) is 0. The number of aromatic nitrogens is 1. The van der Waals surface area contributed by atoms with Gasteiger partial charge in [-0.3, -0.25) is 9.11 Å². The number of nitrogens with zero attached hydrogens (tertiary/aromatic N) is 2. The monoisotopic (exact) mass is 256 g/mol. The number of hydrogen-bond donors (Lipinski definition) is 2. The lowest BCUT2D eigenvalue weighted by Crippen LogP contribution is -2.27. The SMILES string of the molecule is O=S(O)N(c1ccc(Cl)cn1)S(=O)O. The molecule has 1 rings (SSSR count). The van der Waals surface area contributed by atoms with E-state index < -0.39 is 22.5 Å². The molecule has 0 aliphatic rings. The van der Waals surface area contributed by atoms with Crippen molar-refractivity contribution < 1.29 is 17.5 Å². The summed E-state index contributed by atoms with van der Waals surface area (Å²) in [5.41, 5.74) is 0. The Kier molecular flexibility index (Phi) is 3.96. The van der Waals surface area contributed by atoms with Crippen LogP contribution in [0.1, 0.15) is 0 Å². The average molecular weight is 257 g/mol. The second-order valence-corrected chi connectivity index (χ2v) is 4.37. The van der Waals surface area contributed by atoms with Crippen molar-refractivity contribution >= 4 is 40.0 Å². The van der Waals surface area contributed by atoms with E-state index in [-0.39, 0.29) is 5.82 Å². The number of rotatable bonds is 3. The van der Waals surface area contributed by atoms with Crippen LogP contribution >= 0.6 is 11.6 Å². The largest absolute Gasteiger partial charge is 0.288 e. The Morgan fingerprint density at radius 1 is 1.29 bits per heavy atom. The zero-order chi connectivity index (χ0) is 10.7. The molecule has 1 heterocycles. The van der Waals surface area contributed by atoms with Gasteiger partial charge < -0.3 is 0 Å². The van der Waals surface area contributed by atoms with Gasteiger partial charge in [0.05, 0.1) is 5.02 Å². The molecule has 14 heavy (non-hydrogen) atoms. The minimum Gasteiger partial charge on any atom is -0.288 e. The van der Waals surface area contributed by atoms with Gasteiger partial charge in [-0.25, -0.2) is 13.4 Å². The molecule has 78 valence electrons.